The second-order valence-electron chi connectivity index (χ2n) is 7.58. The molecule has 2 aromatic carbocycles. The molecular formula is C24H27N3O4S. The number of benzene rings is 2. The van der Waals surface area contributed by atoms with E-state index in [2.05, 4.69) is 10.2 Å². The van der Waals surface area contributed by atoms with Gasteiger partial charge in [-0.25, -0.2) is 0 Å². The maximum Gasteiger partial charge on any atom is 0.316 e. The van der Waals surface area contributed by atoms with Gasteiger partial charge in [-0.3, -0.25) is 9.36 Å². The fourth-order valence-corrected chi connectivity index (χ4v) is 4.59. The summed E-state index contributed by atoms with van der Waals surface area (Å²) in [6, 6.07) is 15.3. The Kier molecular flexibility index (Phi) is 7.32. The van der Waals surface area contributed by atoms with Crippen LogP contribution in [-0.2, 0) is 9.53 Å². The Morgan fingerprint density at radius 2 is 1.75 bits per heavy atom. The number of para-hydroxylation sites is 1. The highest BCUT2D eigenvalue weighted by Gasteiger charge is 2.22. The van der Waals surface area contributed by atoms with Crippen LogP contribution in [0.15, 0.2) is 53.7 Å². The summed E-state index contributed by atoms with van der Waals surface area (Å²) in [5, 5.41) is 9.43. The van der Waals surface area contributed by atoms with Crippen LogP contribution >= 0.6 is 11.8 Å². The molecule has 0 aliphatic heterocycles. The average molecular weight is 454 g/mol. The van der Waals surface area contributed by atoms with Gasteiger partial charge in [0.05, 0.1) is 31.2 Å². The monoisotopic (exact) mass is 453 g/mol. The van der Waals surface area contributed by atoms with Crippen molar-refractivity contribution in [2.24, 2.45) is 0 Å². The lowest BCUT2D eigenvalue weighted by molar-refractivity contribution is -0.147. The quantitative estimate of drug-likeness (QED) is 0.354. The Bertz CT molecular complexity index is 1050. The van der Waals surface area contributed by atoms with Crippen molar-refractivity contribution in [2.45, 2.75) is 43.4 Å². The fourth-order valence-electron chi connectivity index (χ4n) is 3.86. The van der Waals surface area contributed by atoms with Gasteiger partial charge >= 0.3 is 5.97 Å². The Morgan fingerprint density at radius 3 is 2.47 bits per heavy atom. The second kappa shape index (κ2) is 10.5. The van der Waals surface area contributed by atoms with Crippen LogP contribution in [0.5, 0.6) is 11.5 Å². The number of nitrogens with zero attached hydrogens (tertiary/aromatic N) is 3. The molecule has 0 spiro atoms. The normalized spacial score (nSPS) is 14.2. The first-order valence-electron chi connectivity index (χ1n) is 10.7. The topological polar surface area (TPSA) is 75.5 Å². The first-order chi connectivity index (χ1) is 15.7. The van der Waals surface area contributed by atoms with Crippen molar-refractivity contribution in [2.75, 3.05) is 20.0 Å². The molecule has 3 aromatic rings. The summed E-state index contributed by atoms with van der Waals surface area (Å²) < 4.78 is 18.4. The molecule has 0 radical (unpaired) electrons. The number of esters is 1. The van der Waals surface area contributed by atoms with Crippen molar-refractivity contribution in [3.05, 3.63) is 48.5 Å². The van der Waals surface area contributed by atoms with Crippen LogP contribution in [0.4, 0.5) is 0 Å². The van der Waals surface area contributed by atoms with Crippen LogP contribution in [-0.4, -0.2) is 46.8 Å². The number of ether oxygens (including phenoxy) is 3. The van der Waals surface area contributed by atoms with Gasteiger partial charge in [-0.15, -0.1) is 10.2 Å². The van der Waals surface area contributed by atoms with Crippen molar-refractivity contribution in [1.82, 2.24) is 14.8 Å². The number of hydrogen-bond acceptors (Lipinski definition) is 7. The van der Waals surface area contributed by atoms with Crippen LogP contribution < -0.4 is 9.47 Å². The van der Waals surface area contributed by atoms with E-state index >= 15 is 0 Å². The second-order valence-corrected chi connectivity index (χ2v) is 8.52. The molecule has 1 heterocycles. The molecule has 0 amide bonds. The van der Waals surface area contributed by atoms with E-state index in [1.807, 2.05) is 53.1 Å². The molecule has 0 N–H and O–H groups in total. The lowest BCUT2D eigenvalue weighted by Gasteiger charge is -2.21. The Morgan fingerprint density at radius 1 is 1.00 bits per heavy atom. The lowest BCUT2D eigenvalue weighted by Crippen LogP contribution is -2.22. The fraction of sp³-hybridized carbons (Fsp3) is 0.375. The molecule has 0 unspecified atom stereocenters. The summed E-state index contributed by atoms with van der Waals surface area (Å²) in [6.45, 7) is 0. The van der Waals surface area contributed by atoms with Crippen molar-refractivity contribution in [1.29, 1.82) is 0 Å². The van der Waals surface area contributed by atoms with Gasteiger partial charge < -0.3 is 14.2 Å². The number of hydrogen-bond donors (Lipinski definition) is 0. The van der Waals surface area contributed by atoms with Crippen molar-refractivity contribution in [3.8, 4) is 28.6 Å². The number of carbonyl (C=O) groups is 1. The van der Waals surface area contributed by atoms with Crippen LogP contribution in [0.2, 0.25) is 0 Å². The molecule has 4 rings (SSSR count). The molecule has 0 saturated heterocycles. The Hall–Kier alpha value is -3.00. The van der Waals surface area contributed by atoms with E-state index in [-0.39, 0.29) is 17.8 Å². The average Bonchev–Trinajstić information content (AvgIpc) is 3.27. The third-order valence-electron chi connectivity index (χ3n) is 5.48. The molecule has 1 aromatic heterocycles. The molecular weight excluding hydrogens is 426 g/mol. The molecule has 0 atom stereocenters. The predicted octanol–water partition coefficient (Wildman–Crippen LogP) is 4.92. The predicted molar refractivity (Wildman–Crippen MR) is 124 cm³/mol. The molecule has 1 fully saturated rings. The van der Waals surface area contributed by atoms with Gasteiger partial charge in [0.2, 0.25) is 0 Å². The van der Waals surface area contributed by atoms with Crippen molar-refractivity contribution in [3.63, 3.8) is 0 Å². The minimum atomic E-state index is -0.218. The van der Waals surface area contributed by atoms with Gasteiger partial charge in [-0.05, 0) is 62.1 Å². The van der Waals surface area contributed by atoms with Gasteiger partial charge in [0, 0.05) is 0 Å². The lowest BCUT2D eigenvalue weighted by atomic mass is 9.98. The summed E-state index contributed by atoms with van der Waals surface area (Å²) in [4.78, 5) is 12.5. The van der Waals surface area contributed by atoms with E-state index in [1.165, 1.54) is 18.2 Å². The molecule has 168 valence electrons. The summed E-state index contributed by atoms with van der Waals surface area (Å²) in [5.41, 5.74) is 1.68. The van der Waals surface area contributed by atoms with Gasteiger partial charge in [0.25, 0.3) is 0 Å². The summed E-state index contributed by atoms with van der Waals surface area (Å²) >= 11 is 1.32. The van der Waals surface area contributed by atoms with E-state index < -0.39 is 0 Å². The standard InChI is InChI=1S/C24H27N3O4S/c1-29-18-14-12-17(13-15-18)27-23(20-10-6-7-11-21(20)30-2)25-26-24(27)32-16-22(28)31-19-8-4-3-5-9-19/h6-7,10-15,19H,3-5,8-9,16H2,1-2H3. The molecule has 1 aliphatic carbocycles. The third-order valence-corrected chi connectivity index (χ3v) is 6.38. The van der Waals surface area contributed by atoms with Crippen molar-refractivity contribution < 1.29 is 19.0 Å². The van der Waals surface area contributed by atoms with Gasteiger partial charge in [-0.1, -0.05) is 30.3 Å². The number of aromatic nitrogens is 3. The number of carbonyl (C=O) groups excluding carboxylic acids is 1. The number of rotatable bonds is 8. The highest BCUT2D eigenvalue weighted by Crippen LogP contribution is 2.33. The van der Waals surface area contributed by atoms with Crippen LogP contribution in [0, 0.1) is 0 Å². The number of methoxy groups -OCH3 is 2. The van der Waals surface area contributed by atoms with Crippen LogP contribution in [0.1, 0.15) is 32.1 Å². The molecule has 32 heavy (non-hydrogen) atoms. The number of thioether (sulfide) groups is 1. The van der Waals surface area contributed by atoms with E-state index in [0.29, 0.717) is 16.7 Å². The minimum Gasteiger partial charge on any atom is -0.497 e. The highest BCUT2D eigenvalue weighted by atomic mass is 32.2. The Labute approximate surface area is 192 Å². The first kappa shape index (κ1) is 22.2. The smallest absolute Gasteiger partial charge is 0.316 e. The molecule has 0 bridgehead atoms. The van der Waals surface area contributed by atoms with E-state index in [0.717, 1.165) is 42.7 Å². The molecule has 1 saturated carbocycles. The maximum absolute atomic E-state index is 12.5. The van der Waals surface area contributed by atoms with Gasteiger partial charge in [0.1, 0.15) is 17.6 Å². The summed E-state index contributed by atoms with van der Waals surface area (Å²) in [7, 11) is 3.26. The van der Waals surface area contributed by atoms with E-state index in [4.69, 9.17) is 14.2 Å². The zero-order valence-electron chi connectivity index (χ0n) is 18.3. The van der Waals surface area contributed by atoms with E-state index in [9.17, 15) is 4.79 Å². The van der Waals surface area contributed by atoms with Crippen LogP contribution in [0.25, 0.3) is 17.1 Å². The third kappa shape index (κ3) is 5.07. The Balaban J connectivity index is 1.61. The maximum atomic E-state index is 12.5. The zero-order valence-corrected chi connectivity index (χ0v) is 19.1. The largest absolute Gasteiger partial charge is 0.497 e. The molecule has 1 aliphatic rings. The van der Waals surface area contributed by atoms with Gasteiger partial charge in [0.15, 0.2) is 11.0 Å². The summed E-state index contributed by atoms with van der Waals surface area (Å²) in [5.74, 6) is 2.05. The van der Waals surface area contributed by atoms with Crippen LogP contribution in [0.3, 0.4) is 0 Å². The SMILES string of the molecule is COc1ccc(-n2c(SCC(=O)OC3CCCCC3)nnc2-c2ccccc2OC)cc1. The van der Waals surface area contributed by atoms with E-state index in [1.54, 1.807) is 14.2 Å². The van der Waals surface area contributed by atoms with Gasteiger partial charge in [-0.2, -0.15) is 0 Å². The zero-order chi connectivity index (χ0) is 22.3. The highest BCUT2D eigenvalue weighted by molar-refractivity contribution is 7.99. The van der Waals surface area contributed by atoms with Crippen molar-refractivity contribution >= 4 is 17.7 Å². The molecule has 7 nitrogen and oxygen atoms in total. The minimum absolute atomic E-state index is 0.0421. The first-order valence-corrected chi connectivity index (χ1v) is 11.7. The summed E-state index contributed by atoms with van der Waals surface area (Å²) in [6.07, 6.45) is 5.42. The molecule has 8 heteroatoms.